The third-order valence-electron chi connectivity index (χ3n) is 3.59. The molecule has 0 radical (unpaired) electrons. The molecular formula is C15H18ClN5. The van der Waals surface area contributed by atoms with Crippen molar-refractivity contribution in [2.24, 2.45) is 5.73 Å². The molecule has 0 saturated carbocycles. The molecule has 0 saturated heterocycles. The molecule has 0 aliphatic rings. The van der Waals surface area contributed by atoms with E-state index in [0.717, 1.165) is 40.3 Å². The summed E-state index contributed by atoms with van der Waals surface area (Å²) in [6.45, 7) is 4.17. The number of rotatable bonds is 5. The normalized spacial score (nSPS) is 11.4. The zero-order valence-corrected chi connectivity index (χ0v) is 12.7. The van der Waals surface area contributed by atoms with Crippen molar-refractivity contribution in [3.63, 3.8) is 0 Å². The van der Waals surface area contributed by atoms with Gasteiger partial charge in [-0.15, -0.1) is 0 Å². The van der Waals surface area contributed by atoms with Gasteiger partial charge in [0.15, 0.2) is 0 Å². The van der Waals surface area contributed by atoms with E-state index in [9.17, 15) is 0 Å². The van der Waals surface area contributed by atoms with E-state index in [4.69, 9.17) is 17.3 Å². The van der Waals surface area contributed by atoms with E-state index in [1.165, 1.54) is 0 Å². The Morgan fingerprint density at radius 2 is 2.19 bits per heavy atom. The summed E-state index contributed by atoms with van der Waals surface area (Å²) in [6, 6.07) is 5.89. The fourth-order valence-corrected chi connectivity index (χ4v) is 2.76. The summed E-state index contributed by atoms with van der Waals surface area (Å²) in [7, 11) is 0. The summed E-state index contributed by atoms with van der Waals surface area (Å²) < 4.78 is 4.08. The molecule has 1 aromatic carbocycles. The number of aryl methyl sites for hydroxylation is 1. The SMILES string of the molecule is CCCn1ncnc1Cn1cc(CN)c2ccc(Cl)cc21. The molecule has 110 valence electrons. The second kappa shape index (κ2) is 5.87. The molecule has 2 heterocycles. The first-order chi connectivity index (χ1) is 10.2. The molecule has 0 spiro atoms. The van der Waals surface area contributed by atoms with Crippen LogP contribution in [0.4, 0.5) is 0 Å². The van der Waals surface area contributed by atoms with Crippen LogP contribution >= 0.6 is 11.6 Å². The van der Waals surface area contributed by atoms with Crippen molar-refractivity contribution in [2.45, 2.75) is 33.0 Å². The number of benzene rings is 1. The molecule has 3 rings (SSSR count). The maximum absolute atomic E-state index is 6.13. The first kappa shape index (κ1) is 14.1. The lowest BCUT2D eigenvalue weighted by Gasteiger charge is -2.07. The van der Waals surface area contributed by atoms with Gasteiger partial charge in [-0.2, -0.15) is 5.10 Å². The highest BCUT2D eigenvalue weighted by Crippen LogP contribution is 2.25. The van der Waals surface area contributed by atoms with E-state index in [-0.39, 0.29) is 0 Å². The number of fused-ring (bicyclic) bond motifs is 1. The van der Waals surface area contributed by atoms with E-state index in [1.807, 2.05) is 22.9 Å². The zero-order valence-electron chi connectivity index (χ0n) is 12.0. The molecule has 0 bridgehead atoms. The van der Waals surface area contributed by atoms with Crippen LogP contribution in [0.5, 0.6) is 0 Å². The van der Waals surface area contributed by atoms with E-state index in [0.29, 0.717) is 13.1 Å². The fraction of sp³-hybridized carbons (Fsp3) is 0.333. The van der Waals surface area contributed by atoms with Gasteiger partial charge in [-0.1, -0.05) is 24.6 Å². The van der Waals surface area contributed by atoms with Crippen molar-refractivity contribution in [3.05, 3.63) is 47.1 Å². The Morgan fingerprint density at radius 1 is 1.33 bits per heavy atom. The van der Waals surface area contributed by atoms with Crippen molar-refractivity contribution in [2.75, 3.05) is 0 Å². The summed E-state index contributed by atoms with van der Waals surface area (Å²) in [5.41, 5.74) is 8.03. The lowest BCUT2D eigenvalue weighted by molar-refractivity contribution is 0.557. The number of nitrogens with zero attached hydrogens (tertiary/aromatic N) is 4. The van der Waals surface area contributed by atoms with Crippen LogP contribution in [0.25, 0.3) is 10.9 Å². The molecule has 21 heavy (non-hydrogen) atoms. The average molecular weight is 304 g/mol. The monoisotopic (exact) mass is 303 g/mol. The Balaban J connectivity index is 2.03. The van der Waals surface area contributed by atoms with Crippen LogP contribution in [0.1, 0.15) is 24.7 Å². The fourth-order valence-electron chi connectivity index (χ4n) is 2.60. The highest BCUT2D eigenvalue weighted by Gasteiger charge is 2.11. The van der Waals surface area contributed by atoms with Gasteiger partial charge in [-0.3, -0.25) is 0 Å². The van der Waals surface area contributed by atoms with Gasteiger partial charge in [0.1, 0.15) is 12.2 Å². The molecule has 0 amide bonds. The van der Waals surface area contributed by atoms with E-state index < -0.39 is 0 Å². The lowest BCUT2D eigenvalue weighted by atomic mass is 10.2. The second-order valence-electron chi connectivity index (χ2n) is 5.05. The maximum atomic E-state index is 6.13. The molecule has 5 nitrogen and oxygen atoms in total. The highest BCUT2D eigenvalue weighted by molar-refractivity contribution is 6.31. The minimum atomic E-state index is 0.507. The Kier molecular flexibility index (Phi) is 3.94. The molecular weight excluding hydrogens is 286 g/mol. The van der Waals surface area contributed by atoms with Gasteiger partial charge in [-0.05, 0) is 24.1 Å². The minimum Gasteiger partial charge on any atom is -0.339 e. The molecule has 6 heteroatoms. The summed E-state index contributed by atoms with van der Waals surface area (Å²) in [5, 5.41) is 6.13. The Hall–Kier alpha value is -1.85. The van der Waals surface area contributed by atoms with E-state index in [2.05, 4.69) is 27.8 Å². The lowest BCUT2D eigenvalue weighted by Crippen LogP contribution is -2.09. The molecule has 0 atom stereocenters. The van der Waals surface area contributed by atoms with Crippen molar-refractivity contribution < 1.29 is 0 Å². The van der Waals surface area contributed by atoms with Crippen LogP contribution in [0.2, 0.25) is 5.02 Å². The van der Waals surface area contributed by atoms with Crippen molar-refractivity contribution in [1.82, 2.24) is 19.3 Å². The van der Waals surface area contributed by atoms with Crippen LogP contribution in [-0.2, 0) is 19.6 Å². The molecule has 0 fully saturated rings. The van der Waals surface area contributed by atoms with Gasteiger partial charge in [0, 0.05) is 29.7 Å². The van der Waals surface area contributed by atoms with Crippen LogP contribution in [0.15, 0.2) is 30.7 Å². The van der Waals surface area contributed by atoms with Gasteiger partial charge >= 0.3 is 0 Å². The molecule has 0 aliphatic carbocycles. The van der Waals surface area contributed by atoms with E-state index in [1.54, 1.807) is 6.33 Å². The van der Waals surface area contributed by atoms with Crippen molar-refractivity contribution >= 4 is 22.5 Å². The molecule has 3 aromatic rings. The largest absolute Gasteiger partial charge is 0.339 e. The third kappa shape index (κ3) is 2.66. The average Bonchev–Trinajstić information content (AvgIpc) is 3.05. The Labute approximate surface area is 128 Å². The van der Waals surface area contributed by atoms with E-state index >= 15 is 0 Å². The summed E-state index contributed by atoms with van der Waals surface area (Å²) in [4.78, 5) is 4.36. The molecule has 0 unspecified atom stereocenters. The number of nitrogens with two attached hydrogens (primary N) is 1. The molecule has 2 N–H and O–H groups in total. The number of hydrogen-bond acceptors (Lipinski definition) is 3. The zero-order chi connectivity index (χ0) is 14.8. The smallest absolute Gasteiger partial charge is 0.146 e. The van der Waals surface area contributed by atoms with Gasteiger partial charge in [-0.25, -0.2) is 9.67 Å². The number of hydrogen-bond donors (Lipinski definition) is 1. The minimum absolute atomic E-state index is 0.507. The Bertz CT molecular complexity index is 759. The summed E-state index contributed by atoms with van der Waals surface area (Å²) >= 11 is 6.13. The maximum Gasteiger partial charge on any atom is 0.146 e. The summed E-state index contributed by atoms with van der Waals surface area (Å²) in [5.74, 6) is 0.942. The van der Waals surface area contributed by atoms with Crippen LogP contribution < -0.4 is 5.73 Å². The summed E-state index contributed by atoms with van der Waals surface area (Å²) in [6.07, 6.45) is 4.71. The predicted octanol–water partition coefficient (Wildman–Crippen LogP) is 2.80. The van der Waals surface area contributed by atoms with Gasteiger partial charge < -0.3 is 10.3 Å². The first-order valence-corrected chi connectivity index (χ1v) is 7.44. The topological polar surface area (TPSA) is 61.7 Å². The van der Waals surface area contributed by atoms with Crippen LogP contribution in [0, 0.1) is 0 Å². The van der Waals surface area contributed by atoms with Gasteiger partial charge in [0.05, 0.1) is 12.1 Å². The van der Waals surface area contributed by atoms with Crippen molar-refractivity contribution in [1.29, 1.82) is 0 Å². The van der Waals surface area contributed by atoms with Crippen molar-refractivity contribution in [3.8, 4) is 0 Å². The van der Waals surface area contributed by atoms with Gasteiger partial charge in [0.25, 0.3) is 0 Å². The third-order valence-corrected chi connectivity index (χ3v) is 3.82. The standard InChI is InChI=1S/C15H18ClN5/c1-2-5-21-15(18-10-19-21)9-20-8-11(7-17)13-4-3-12(16)6-14(13)20/h3-4,6,8,10H,2,5,7,9,17H2,1H3. The first-order valence-electron chi connectivity index (χ1n) is 7.07. The van der Waals surface area contributed by atoms with Crippen LogP contribution in [0.3, 0.4) is 0 Å². The second-order valence-corrected chi connectivity index (χ2v) is 5.48. The quantitative estimate of drug-likeness (QED) is 0.788. The molecule has 2 aromatic heterocycles. The Morgan fingerprint density at radius 3 is 2.95 bits per heavy atom. The molecule has 0 aliphatic heterocycles. The van der Waals surface area contributed by atoms with Crippen LogP contribution in [-0.4, -0.2) is 19.3 Å². The van der Waals surface area contributed by atoms with Gasteiger partial charge in [0.2, 0.25) is 0 Å². The number of aromatic nitrogens is 4. The number of halogens is 1. The highest BCUT2D eigenvalue weighted by atomic mass is 35.5. The predicted molar refractivity (Wildman–Crippen MR) is 84.3 cm³/mol.